The number of hydrogen-bond acceptors (Lipinski definition) is 3. The third-order valence-electron chi connectivity index (χ3n) is 2.05. The summed E-state index contributed by atoms with van der Waals surface area (Å²) in [5.41, 5.74) is 0.0311. The van der Waals surface area contributed by atoms with E-state index in [0.717, 1.165) is 18.2 Å². The summed E-state index contributed by atoms with van der Waals surface area (Å²) in [4.78, 5) is 17.5. The van der Waals surface area contributed by atoms with Gasteiger partial charge in [-0.15, -0.1) is 0 Å². The Morgan fingerprint density at radius 1 is 1.29 bits per heavy atom. The van der Waals surface area contributed by atoms with Crippen molar-refractivity contribution in [3.8, 4) is 0 Å². The average Bonchev–Trinajstić information content (AvgIpc) is 2.22. The first-order valence-electron chi connectivity index (χ1n) is 4.84. The summed E-state index contributed by atoms with van der Waals surface area (Å²) in [6, 6.07) is 4.28. The lowest BCUT2D eigenvalue weighted by atomic mass is 10.3. The monoisotopic (exact) mass is 237 g/mol. The number of H-pyrrole nitrogens is 1. The summed E-state index contributed by atoms with van der Waals surface area (Å²) in [7, 11) is 0. The first-order valence-corrected chi connectivity index (χ1v) is 4.84. The summed E-state index contributed by atoms with van der Waals surface area (Å²) in [6.45, 7) is 1.63. The van der Waals surface area contributed by atoms with E-state index in [0.29, 0.717) is 5.69 Å². The van der Waals surface area contributed by atoms with Crippen LogP contribution >= 0.6 is 0 Å². The highest BCUT2D eigenvalue weighted by Crippen LogP contribution is 2.18. The number of aromatic nitrogens is 2. The predicted octanol–water partition coefficient (Wildman–Crippen LogP) is 2.10. The third kappa shape index (κ3) is 2.66. The van der Waals surface area contributed by atoms with Gasteiger partial charge < -0.3 is 5.32 Å². The number of aryl methyl sites for hydroxylation is 1. The molecule has 0 fully saturated rings. The molecule has 0 aliphatic heterocycles. The number of anilines is 2. The molecule has 0 aliphatic rings. The van der Waals surface area contributed by atoms with Crippen LogP contribution in [0.4, 0.5) is 20.4 Å². The van der Waals surface area contributed by atoms with Crippen molar-refractivity contribution in [3.63, 3.8) is 0 Å². The van der Waals surface area contributed by atoms with Crippen molar-refractivity contribution in [2.75, 3.05) is 5.32 Å². The lowest BCUT2D eigenvalue weighted by Gasteiger charge is -2.06. The van der Waals surface area contributed by atoms with Gasteiger partial charge in [0.05, 0.1) is 5.69 Å². The van der Waals surface area contributed by atoms with E-state index >= 15 is 0 Å². The predicted molar refractivity (Wildman–Crippen MR) is 59.2 cm³/mol. The highest BCUT2D eigenvalue weighted by molar-refractivity contribution is 5.53. The van der Waals surface area contributed by atoms with Crippen molar-refractivity contribution in [1.82, 2.24) is 9.97 Å². The van der Waals surface area contributed by atoms with E-state index in [2.05, 4.69) is 15.3 Å². The molecule has 2 aromatic rings. The molecule has 0 spiro atoms. The Morgan fingerprint density at radius 2 is 2.06 bits per heavy atom. The minimum atomic E-state index is -0.629. The normalized spacial score (nSPS) is 10.3. The van der Waals surface area contributed by atoms with Crippen molar-refractivity contribution in [2.24, 2.45) is 0 Å². The fourth-order valence-electron chi connectivity index (χ4n) is 1.36. The Labute approximate surface area is 95.3 Å². The second kappa shape index (κ2) is 4.32. The summed E-state index contributed by atoms with van der Waals surface area (Å²) in [5.74, 6) is -1.14. The molecule has 1 aromatic heterocycles. The zero-order chi connectivity index (χ0) is 12.4. The number of hydrogen-bond donors (Lipinski definition) is 2. The number of nitrogens with one attached hydrogen (secondary N) is 2. The topological polar surface area (TPSA) is 57.8 Å². The molecule has 0 unspecified atom stereocenters. The fraction of sp³-hybridized carbons (Fsp3) is 0.0909. The van der Waals surface area contributed by atoms with Crippen molar-refractivity contribution in [1.29, 1.82) is 0 Å². The Balaban J connectivity index is 2.37. The number of halogens is 2. The maximum absolute atomic E-state index is 13.3. The molecule has 4 nitrogen and oxygen atoms in total. The Kier molecular flexibility index (Phi) is 2.86. The van der Waals surface area contributed by atoms with Gasteiger partial charge in [0.1, 0.15) is 11.6 Å². The first kappa shape index (κ1) is 11.3. The maximum Gasteiger partial charge on any atom is 0.252 e. The summed E-state index contributed by atoms with van der Waals surface area (Å²) in [6.07, 6.45) is 0. The van der Waals surface area contributed by atoms with Gasteiger partial charge >= 0.3 is 0 Å². The Hall–Kier alpha value is -2.24. The van der Waals surface area contributed by atoms with Crippen LogP contribution in [0.3, 0.4) is 0 Å². The molecule has 0 atom stereocenters. The van der Waals surface area contributed by atoms with E-state index < -0.39 is 11.6 Å². The smallest absolute Gasteiger partial charge is 0.252 e. The maximum atomic E-state index is 13.3. The van der Waals surface area contributed by atoms with Gasteiger partial charge in [-0.2, -0.15) is 0 Å². The highest BCUT2D eigenvalue weighted by Gasteiger charge is 2.05. The molecule has 6 heteroatoms. The molecule has 88 valence electrons. The minimum Gasteiger partial charge on any atom is -0.323 e. The first-order chi connectivity index (χ1) is 8.04. The van der Waals surface area contributed by atoms with Crippen LogP contribution in [0.25, 0.3) is 0 Å². The third-order valence-corrected chi connectivity index (χ3v) is 2.05. The molecule has 0 radical (unpaired) electrons. The zero-order valence-electron chi connectivity index (χ0n) is 8.92. The molecular formula is C11H9F2N3O. The number of benzene rings is 1. The van der Waals surface area contributed by atoms with Crippen LogP contribution in [0, 0.1) is 18.6 Å². The molecule has 0 aliphatic carbocycles. The van der Waals surface area contributed by atoms with Crippen LogP contribution in [-0.2, 0) is 0 Å². The van der Waals surface area contributed by atoms with Crippen molar-refractivity contribution in [3.05, 3.63) is 51.9 Å². The summed E-state index contributed by atoms with van der Waals surface area (Å²) < 4.78 is 26.2. The van der Waals surface area contributed by atoms with Gasteiger partial charge in [0.15, 0.2) is 0 Å². The SMILES string of the molecule is Cc1cc(=O)[nH]c(Nc2cc(F)ccc2F)n1. The van der Waals surface area contributed by atoms with Crippen LogP contribution in [0.15, 0.2) is 29.1 Å². The van der Waals surface area contributed by atoms with E-state index in [1.165, 1.54) is 6.07 Å². The summed E-state index contributed by atoms with van der Waals surface area (Å²) >= 11 is 0. The van der Waals surface area contributed by atoms with Crippen LogP contribution in [0.1, 0.15) is 5.69 Å². The second-order valence-electron chi connectivity index (χ2n) is 3.48. The Morgan fingerprint density at radius 3 is 2.76 bits per heavy atom. The van der Waals surface area contributed by atoms with Gasteiger partial charge in [0, 0.05) is 17.8 Å². The number of aromatic amines is 1. The van der Waals surface area contributed by atoms with E-state index in [-0.39, 0.29) is 17.2 Å². The summed E-state index contributed by atoms with van der Waals surface area (Å²) in [5, 5.41) is 2.51. The van der Waals surface area contributed by atoms with E-state index in [9.17, 15) is 13.6 Å². The van der Waals surface area contributed by atoms with Crippen LogP contribution < -0.4 is 10.9 Å². The molecule has 2 N–H and O–H groups in total. The van der Waals surface area contributed by atoms with E-state index in [1.807, 2.05) is 0 Å². The van der Waals surface area contributed by atoms with Crippen LogP contribution in [0.5, 0.6) is 0 Å². The van der Waals surface area contributed by atoms with Crippen LogP contribution in [-0.4, -0.2) is 9.97 Å². The Bertz CT molecular complexity index is 610. The standard InChI is InChI=1S/C11H9F2N3O/c1-6-4-10(17)16-11(14-6)15-9-5-7(12)2-3-8(9)13/h2-5H,1H3,(H2,14,15,16,17). The zero-order valence-corrected chi connectivity index (χ0v) is 8.92. The van der Waals surface area contributed by atoms with Gasteiger partial charge in [-0.3, -0.25) is 9.78 Å². The van der Waals surface area contributed by atoms with E-state index in [1.54, 1.807) is 6.92 Å². The van der Waals surface area contributed by atoms with Gasteiger partial charge in [-0.25, -0.2) is 13.8 Å². The molecule has 0 amide bonds. The fourth-order valence-corrected chi connectivity index (χ4v) is 1.36. The molecule has 0 saturated carbocycles. The largest absolute Gasteiger partial charge is 0.323 e. The number of rotatable bonds is 2. The van der Waals surface area contributed by atoms with Gasteiger partial charge in [-0.1, -0.05) is 0 Å². The second-order valence-corrected chi connectivity index (χ2v) is 3.48. The van der Waals surface area contributed by atoms with Crippen molar-refractivity contribution >= 4 is 11.6 Å². The minimum absolute atomic E-state index is 0.0690. The molecule has 1 aromatic carbocycles. The van der Waals surface area contributed by atoms with Gasteiger partial charge in [-0.05, 0) is 19.1 Å². The van der Waals surface area contributed by atoms with Crippen LogP contribution in [0.2, 0.25) is 0 Å². The molecule has 17 heavy (non-hydrogen) atoms. The highest BCUT2D eigenvalue weighted by atomic mass is 19.1. The molecule has 0 saturated heterocycles. The number of nitrogens with zero attached hydrogens (tertiary/aromatic N) is 1. The van der Waals surface area contributed by atoms with Crippen molar-refractivity contribution in [2.45, 2.75) is 6.92 Å². The molecular weight excluding hydrogens is 228 g/mol. The van der Waals surface area contributed by atoms with Gasteiger partial charge in [0.2, 0.25) is 5.95 Å². The van der Waals surface area contributed by atoms with E-state index in [4.69, 9.17) is 0 Å². The lowest BCUT2D eigenvalue weighted by molar-refractivity contribution is 0.603. The molecule has 2 rings (SSSR count). The van der Waals surface area contributed by atoms with Crippen molar-refractivity contribution < 1.29 is 8.78 Å². The lowest BCUT2D eigenvalue weighted by Crippen LogP contribution is -2.11. The quantitative estimate of drug-likeness (QED) is 0.840. The average molecular weight is 237 g/mol. The van der Waals surface area contributed by atoms with Gasteiger partial charge in [0.25, 0.3) is 5.56 Å². The molecule has 1 heterocycles. The molecule has 0 bridgehead atoms.